The van der Waals surface area contributed by atoms with Crippen molar-refractivity contribution in [3.8, 4) is 11.3 Å². The van der Waals surface area contributed by atoms with Gasteiger partial charge in [0.1, 0.15) is 11.5 Å². The van der Waals surface area contributed by atoms with Gasteiger partial charge in [-0.2, -0.15) is 0 Å². The molecule has 3 heterocycles. The summed E-state index contributed by atoms with van der Waals surface area (Å²) in [4.78, 5) is 43.2. The molecule has 0 radical (unpaired) electrons. The Hall–Kier alpha value is -4.01. The topological polar surface area (TPSA) is 90.9 Å². The molecule has 7 nitrogen and oxygen atoms in total. The van der Waals surface area contributed by atoms with E-state index in [1.165, 1.54) is 22.8 Å². The van der Waals surface area contributed by atoms with Crippen molar-refractivity contribution in [3.05, 3.63) is 114 Å². The highest BCUT2D eigenvalue weighted by Crippen LogP contribution is 2.31. The van der Waals surface area contributed by atoms with Crippen LogP contribution < -0.4 is 14.9 Å². The summed E-state index contributed by atoms with van der Waals surface area (Å²) in [5.41, 5.74) is 2.65. The Morgan fingerprint density at radius 3 is 2.47 bits per heavy atom. The first-order valence-corrected chi connectivity index (χ1v) is 13.1. The highest BCUT2D eigenvalue weighted by molar-refractivity contribution is 7.07. The molecular weight excluding hydrogens is 524 g/mol. The minimum atomic E-state index is -0.711. The average molecular weight is 547 g/mol. The van der Waals surface area contributed by atoms with Gasteiger partial charge >= 0.3 is 5.97 Å². The zero-order chi connectivity index (χ0) is 27.0. The smallest absolute Gasteiger partial charge is 0.338 e. The van der Waals surface area contributed by atoms with Crippen LogP contribution in [-0.2, 0) is 9.53 Å². The number of hydrogen-bond donors (Lipinski definition) is 0. The Balaban J connectivity index is 1.59. The van der Waals surface area contributed by atoms with Gasteiger partial charge in [0.15, 0.2) is 10.6 Å². The molecule has 0 amide bonds. The van der Waals surface area contributed by atoms with Crippen molar-refractivity contribution in [1.82, 2.24) is 4.57 Å². The van der Waals surface area contributed by atoms with Crippen molar-refractivity contribution in [3.63, 3.8) is 0 Å². The lowest BCUT2D eigenvalue weighted by atomic mass is 9.96. The molecule has 0 fully saturated rings. The molecule has 2 aromatic carbocycles. The number of thiazole rings is 1. The maximum absolute atomic E-state index is 13.7. The van der Waals surface area contributed by atoms with E-state index in [9.17, 15) is 14.4 Å². The Morgan fingerprint density at radius 1 is 1.11 bits per heavy atom. The number of ketones is 1. The van der Waals surface area contributed by atoms with Crippen LogP contribution in [0.5, 0.6) is 0 Å². The first-order chi connectivity index (χ1) is 18.3. The summed E-state index contributed by atoms with van der Waals surface area (Å²) in [7, 11) is 0. The van der Waals surface area contributed by atoms with E-state index < -0.39 is 12.0 Å². The minimum absolute atomic E-state index is 0.00897. The summed E-state index contributed by atoms with van der Waals surface area (Å²) in [6.07, 6.45) is 1.67. The number of fused-ring (bicyclic) bond motifs is 1. The average Bonchev–Trinajstić information content (AvgIpc) is 3.48. The number of Topliss-reactive ketones (excluding diaryl/α,β-unsaturated/α-hetero) is 1. The molecule has 192 valence electrons. The molecule has 0 aliphatic carbocycles. The van der Waals surface area contributed by atoms with Crippen molar-refractivity contribution in [2.24, 2.45) is 4.99 Å². The second kappa shape index (κ2) is 10.4. The second-order valence-corrected chi connectivity index (χ2v) is 10.1. The number of benzene rings is 2. The Labute approximate surface area is 227 Å². The van der Waals surface area contributed by atoms with E-state index in [1.807, 2.05) is 18.2 Å². The third-order valence-corrected chi connectivity index (χ3v) is 7.41. The molecule has 1 aliphatic heterocycles. The van der Waals surface area contributed by atoms with Gasteiger partial charge < -0.3 is 9.15 Å². The number of allylic oxidation sites excluding steroid dienone is 1. The Kier molecular flexibility index (Phi) is 7.01. The zero-order valence-corrected chi connectivity index (χ0v) is 22.4. The Bertz CT molecular complexity index is 1760. The number of halogens is 1. The van der Waals surface area contributed by atoms with Crippen molar-refractivity contribution >= 4 is 40.8 Å². The van der Waals surface area contributed by atoms with Crippen LogP contribution in [0.3, 0.4) is 0 Å². The molecule has 1 atom stereocenters. The van der Waals surface area contributed by atoms with E-state index in [2.05, 4.69) is 4.99 Å². The van der Waals surface area contributed by atoms with Gasteiger partial charge in [0.2, 0.25) is 0 Å². The van der Waals surface area contributed by atoms with Gasteiger partial charge in [0, 0.05) is 22.2 Å². The molecule has 2 aromatic heterocycles. The molecule has 5 rings (SSSR count). The van der Waals surface area contributed by atoms with E-state index in [0.29, 0.717) is 48.3 Å². The fraction of sp³-hybridized carbons (Fsp3) is 0.172. The van der Waals surface area contributed by atoms with E-state index in [1.54, 1.807) is 62.4 Å². The van der Waals surface area contributed by atoms with Crippen molar-refractivity contribution in [2.45, 2.75) is 26.8 Å². The third kappa shape index (κ3) is 4.80. The number of esters is 1. The lowest BCUT2D eigenvalue weighted by Gasteiger charge is -2.24. The number of furan rings is 1. The van der Waals surface area contributed by atoms with Gasteiger partial charge in [-0.15, -0.1) is 0 Å². The lowest BCUT2D eigenvalue weighted by molar-refractivity contribution is -0.139. The van der Waals surface area contributed by atoms with Crippen LogP contribution in [-0.4, -0.2) is 22.9 Å². The van der Waals surface area contributed by atoms with Crippen LogP contribution in [0.1, 0.15) is 48.5 Å². The Morgan fingerprint density at radius 2 is 1.82 bits per heavy atom. The van der Waals surface area contributed by atoms with Gasteiger partial charge in [-0.05, 0) is 50.6 Å². The largest absolute Gasteiger partial charge is 0.463 e. The fourth-order valence-electron chi connectivity index (χ4n) is 4.34. The van der Waals surface area contributed by atoms with E-state index in [-0.39, 0.29) is 17.9 Å². The molecule has 4 aromatic rings. The molecule has 0 spiro atoms. The molecule has 0 saturated carbocycles. The molecule has 1 aliphatic rings. The van der Waals surface area contributed by atoms with Crippen LogP contribution >= 0.6 is 22.9 Å². The number of hydrogen-bond acceptors (Lipinski definition) is 7. The summed E-state index contributed by atoms with van der Waals surface area (Å²) in [5, 5.41) is 0.545. The number of carbonyl (C=O) groups is 2. The van der Waals surface area contributed by atoms with Crippen LogP contribution in [0.15, 0.2) is 86.1 Å². The van der Waals surface area contributed by atoms with Gasteiger partial charge in [0.05, 0.1) is 28.5 Å². The lowest BCUT2D eigenvalue weighted by Crippen LogP contribution is -2.39. The minimum Gasteiger partial charge on any atom is -0.463 e. The fourth-order valence-corrected chi connectivity index (χ4v) is 5.49. The summed E-state index contributed by atoms with van der Waals surface area (Å²) in [6, 6.07) is 17.0. The summed E-state index contributed by atoms with van der Waals surface area (Å²) in [5.74, 6) is 0.573. The molecule has 0 unspecified atom stereocenters. The predicted octanol–water partition coefficient (Wildman–Crippen LogP) is 4.91. The highest BCUT2D eigenvalue weighted by Gasteiger charge is 2.33. The van der Waals surface area contributed by atoms with Crippen LogP contribution in [0.25, 0.3) is 17.4 Å². The normalized spacial score (nSPS) is 15.3. The first-order valence-electron chi connectivity index (χ1n) is 11.9. The SMILES string of the molecule is CCOC(=O)C1=C(C)N=c2s/c(=C\c3ccc(-c4ccc(C(C)=O)cc4)o3)c(=O)n2[C@H]1c1ccc(Cl)cc1. The number of aromatic nitrogens is 1. The number of rotatable bonds is 6. The quantitative estimate of drug-likeness (QED) is 0.253. The van der Waals surface area contributed by atoms with Gasteiger partial charge in [-0.25, -0.2) is 9.79 Å². The van der Waals surface area contributed by atoms with E-state index >= 15 is 0 Å². The standard InChI is InChI=1S/C29H23ClN2O5S/c1-4-36-28(35)25-16(2)31-29-32(26(25)20-9-11-21(30)12-10-20)27(34)24(38-29)15-22-13-14-23(37-22)19-7-5-18(6-8-19)17(3)33/h5-15,26H,4H2,1-3H3/b24-15-/t26-/m0/s1. The van der Waals surface area contributed by atoms with Gasteiger partial charge in [0.25, 0.3) is 5.56 Å². The molecule has 9 heteroatoms. The summed E-state index contributed by atoms with van der Waals surface area (Å²) < 4.78 is 13.2. The third-order valence-electron chi connectivity index (χ3n) is 6.18. The van der Waals surface area contributed by atoms with E-state index in [0.717, 1.165) is 5.56 Å². The monoisotopic (exact) mass is 546 g/mol. The van der Waals surface area contributed by atoms with Crippen LogP contribution in [0.4, 0.5) is 0 Å². The van der Waals surface area contributed by atoms with Crippen molar-refractivity contribution < 1.29 is 18.7 Å². The molecular formula is C29H23ClN2O5S. The number of ether oxygens (including phenoxy) is 1. The van der Waals surface area contributed by atoms with Gasteiger partial charge in [-0.1, -0.05) is 59.3 Å². The predicted molar refractivity (Wildman–Crippen MR) is 146 cm³/mol. The van der Waals surface area contributed by atoms with Crippen LogP contribution in [0.2, 0.25) is 5.02 Å². The van der Waals surface area contributed by atoms with Gasteiger partial charge in [-0.3, -0.25) is 14.2 Å². The molecule has 0 saturated heterocycles. The zero-order valence-electron chi connectivity index (χ0n) is 20.9. The summed E-state index contributed by atoms with van der Waals surface area (Å²) in [6.45, 7) is 5.19. The molecule has 0 bridgehead atoms. The van der Waals surface area contributed by atoms with E-state index in [4.69, 9.17) is 20.8 Å². The maximum Gasteiger partial charge on any atom is 0.338 e. The van der Waals surface area contributed by atoms with Crippen molar-refractivity contribution in [1.29, 1.82) is 0 Å². The molecule has 38 heavy (non-hydrogen) atoms. The molecule has 0 N–H and O–H groups in total. The second-order valence-electron chi connectivity index (χ2n) is 8.69. The summed E-state index contributed by atoms with van der Waals surface area (Å²) >= 11 is 7.32. The maximum atomic E-state index is 13.7. The van der Waals surface area contributed by atoms with Crippen LogP contribution in [0, 0.1) is 0 Å². The number of carbonyl (C=O) groups excluding carboxylic acids is 2. The highest BCUT2D eigenvalue weighted by atomic mass is 35.5. The number of nitrogens with zero attached hydrogens (tertiary/aromatic N) is 2. The van der Waals surface area contributed by atoms with Crippen molar-refractivity contribution in [2.75, 3.05) is 6.61 Å². The first kappa shape index (κ1) is 25.6.